The normalized spacial score (nSPS) is 21.8. The molecule has 0 spiro atoms. The summed E-state index contributed by atoms with van der Waals surface area (Å²) in [6.45, 7) is 1.99. The SMILES string of the molecule is Cl.c1ccc(CNCCC23CC(c4ccccc42)c2ccccc23)cc1. The summed E-state index contributed by atoms with van der Waals surface area (Å²) < 4.78 is 0. The zero-order valence-corrected chi connectivity index (χ0v) is 15.6. The van der Waals surface area contributed by atoms with E-state index < -0.39 is 0 Å². The molecule has 0 saturated carbocycles. The average molecular weight is 362 g/mol. The molecule has 0 fully saturated rings. The minimum Gasteiger partial charge on any atom is -0.313 e. The van der Waals surface area contributed by atoms with E-state index in [0.29, 0.717) is 5.92 Å². The molecule has 0 saturated heterocycles. The van der Waals surface area contributed by atoms with E-state index in [4.69, 9.17) is 0 Å². The van der Waals surface area contributed by atoms with Gasteiger partial charge in [-0.15, -0.1) is 12.4 Å². The Bertz CT molecular complexity index is 855. The quantitative estimate of drug-likeness (QED) is 0.598. The third-order valence-corrected chi connectivity index (χ3v) is 6.16. The van der Waals surface area contributed by atoms with Crippen LogP contribution in [-0.2, 0) is 12.0 Å². The summed E-state index contributed by atoms with van der Waals surface area (Å²) in [7, 11) is 0. The number of halogens is 1. The molecule has 5 rings (SSSR count). The van der Waals surface area contributed by atoms with Crippen LogP contribution in [0.15, 0.2) is 78.9 Å². The van der Waals surface area contributed by atoms with E-state index in [2.05, 4.69) is 84.2 Å². The highest BCUT2D eigenvalue weighted by Crippen LogP contribution is 2.61. The number of nitrogens with one attached hydrogen (secondary N) is 1. The third kappa shape index (κ3) is 2.58. The maximum absolute atomic E-state index is 3.67. The summed E-state index contributed by atoms with van der Waals surface area (Å²) in [5.74, 6) is 0.599. The molecule has 3 aromatic carbocycles. The van der Waals surface area contributed by atoms with Crippen molar-refractivity contribution >= 4 is 12.4 Å². The second-order valence-corrected chi connectivity index (χ2v) is 7.43. The minimum absolute atomic E-state index is 0. The molecule has 2 aliphatic carbocycles. The van der Waals surface area contributed by atoms with E-state index >= 15 is 0 Å². The van der Waals surface area contributed by atoms with Gasteiger partial charge in [0, 0.05) is 17.9 Å². The van der Waals surface area contributed by atoms with Gasteiger partial charge < -0.3 is 5.32 Å². The lowest BCUT2D eigenvalue weighted by Gasteiger charge is -2.31. The number of rotatable bonds is 5. The fourth-order valence-electron chi connectivity index (χ4n) is 5.08. The molecule has 132 valence electrons. The fourth-order valence-corrected chi connectivity index (χ4v) is 5.08. The zero-order chi connectivity index (χ0) is 16.7. The molecule has 2 heteroatoms. The Morgan fingerprint density at radius 2 is 1.35 bits per heavy atom. The van der Waals surface area contributed by atoms with E-state index in [0.717, 1.165) is 13.1 Å². The second-order valence-electron chi connectivity index (χ2n) is 7.43. The average Bonchev–Trinajstić information content (AvgIpc) is 3.19. The fraction of sp³-hybridized carbons (Fsp3) is 0.250. The number of fused-ring (bicyclic) bond motifs is 8. The van der Waals surface area contributed by atoms with Crippen LogP contribution in [-0.4, -0.2) is 6.54 Å². The second kappa shape index (κ2) is 6.90. The number of hydrogen-bond acceptors (Lipinski definition) is 1. The number of hydrogen-bond donors (Lipinski definition) is 1. The molecule has 2 aliphatic rings. The summed E-state index contributed by atoms with van der Waals surface area (Å²) in [6.07, 6.45) is 2.42. The Hall–Kier alpha value is -2.09. The lowest BCUT2D eigenvalue weighted by atomic mass is 9.73. The Kier molecular flexibility index (Phi) is 4.60. The van der Waals surface area contributed by atoms with Crippen LogP contribution < -0.4 is 5.32 Å². The van der Waals surface area contributed by atoms with E-state index in [1.54, 1.807) is 22.3 Å². The van der Waals surface area contributed by atoms with Crippen LogP contribution >= 0.6 is 12.4 Å². The van der Waals surface area contributed by atoms with Gasteiger partial charge in [0.15, 0.2) is 0 Å². The van der Waals surface area contributed by atoms with Gasteiger partial charge in [0.2, 0.25) is 0 Å². The summed E-state index contributed by atoms with van der Waals surface area (Å²) in [5.41, 5.74) is 7.83. The molecule has 3 aromatic rings. The van der Waals surface area contributed by atoms with Crippen LogP contribution in [0.5, 0.6) is 0 Å². The van der Waals surface area contributed by atoms with Crippen molar-refractivity contribution in [3.63, 3.8) is 0 Å². The molecule has 0 aliphatic heterocycles. The molecule has 26 heavy (non-hydrogen) atoms. The molecule has 0 unspecified atom stereocenters. The Morgan fingerprint density at radius 3 is 2.00 bits per heavy atom. The van der Waals surface area contributed by atoms with E-state index in [9.17, 15) is 0 Å². The summed E-state index contributed by atoms with van der Waals surface area (Å²) >= 11 is 0. The van der Waals surface area contributed by atoms with Gasteiger partial charge in [-0.05, 0) is 47.2 Å². The molecule has 1 nitrogen and oxygen atoms in total. The monoisotopic (exact) mass is 361 g/mol. The van der Waals surface area contributed by atoms with E-state index in [-0.39, 0.29) is 17.8 Å². The lowest BCUT2D eigenvalue weighted by Crippen LogP contribution is -2.29. The number of benzene rings is 3. The van der Waals surface area contributed by atoms with Gasteiger partial charge in [0.25, 0.3) is 0 Å². The van der Waals surface area contributed by atoms with Crippen molar-refractivity contribution in [2.45, 2.75) is 30.7 Å². The first kappa shape index (κ1) is 17.3. The van der Waals surface area contributed by atoms with Crippen molar-refractivity contribution in [3.05, 3.63) is 107 Å². The molecule has 1 N–H and O–H groups in total. The predicted octanol–water partition coefficient (Wildman–Crippen LogP) is 5.42. The van der Waals surface area contributed by atoms with Gasteiger partial charge in [-0.2, -0.15) is 0 Å². The maximum atomic E-state index is 3.67. The van der Waals surface area contributed by atoms with Crippen LogP contribution in [0.1, 0.15) is 46.6 Å². The van der Waals surface area contributed by atoms with Gasteiger partial charge >= 0.3 is 0 Å². The standard InChI is InChI=1S/C24H23N.ClH/c1-2-8-18(9-3-1)17-25-15-14-24-16-21(19-10-4-6-12-22(19)24)20-11-5-7-13-23(20)24;/h1-13,21,25H,14-17H2;1H. The first-order valence-electron chi connectivity index (χ1n) is 9.32. The first-order chi connectivity index (χ1) is 12.4. The Morgan fingerprint density at radius 1 is 0.769 bits per heavy atom. The van der Waals surface area contributed by atoms with Gasteiger partial charge in [0.05, 0.1) is 0 Å². The third-order valence-electron chi connectivity index (χ3n) is 6.16. The van der Waals surface area contributed by atoms with E-state index in [1.807, 2.05) is 0 Å². The topological polar surface area (TPSA) is 12.0 Å². The largest absolute Gasteiger partial charge is 0.313 e. The van der Waals surface area contributed by atoms with Crippen molar-refractivity contribution in [2.24, 2.45) is 0 Å². The highest BCUT2D eigenvalue weighted by atomic mass is 35.5. The molecule has 2 bridgehead atoms. The van der Waals surface area contributed by atoms with Crippen molar-refractivity contribution in [2.75, 3.05) is 6.54 Å². The maximum Gasteiger partial charge on any atom is 0.0229 e. The zero-order valence-electron chi connectivity index (χ0n) is 14.8. The first-order valence-corrected chi connectivity index (χ1v) is 9.32. The molecular weight excluding hydrogens is 338 g/mol. The van der Waals surface area contributed by atoms with Crippen LogP contribution in [0.3, 0.4) is 0 Å². The minimum atomic E-state index is 0. The van der Waals surface area contributed by atoms with Gasteiger partial charge in [-0.1, -0.05) is 78.9 Å². The summed E-state index contributed by atoms with van der Waals surface area (Å²) in [4.78, 5) is 0. The van der Waals surface area contributed by atoms with Crippen LogP contribution in [0, 0.1) is 0 Å². The van der Waals surface area contributed by atoms with E-state index in [1.165, 1.54) is 18.4 Å². The Labute approximate surface area is 161 Å². The van der Waals surface area contributed by atoms with Crippen molar-refractivity contribution in [1.82, 2.24) is 5.32 Å². The van der Waals surface area contributed by atoms with Crippen LogP contribution in [0.2, 0.25) is 0 Å². The predicted molar refractivity (Wildman–Crippen MR) is 110 cm³/mol. The molecular formula is C24H24ClN. The van der Waals surface area contributed by atoms with Crippen molar-refractivity contribution in [3.8, 4) is 0 Å². The highest BCUT2D eigenvalue weighted by Gasteiger charge is 2.51. The summed E-state index contributed by atoms with van der Waals surface area (Å²) in [5, 5.41) is 3.67. The van der Waals surface area contributed by atoms with Gasteiger partial charge in [-0.3, -0.25) is 0 Å². The van der Waals surface area contributed by atoms with Crippen LogP contribution in [0.4, 0.5) is 0 Å². The molecule has 0 amide bonds. The summed E-state index contributed by atoms with van der Waals surface area (Å²) in [6, 6.07) is 28.9. The van der Waals surface area contributed by atoms with Crippen LogP contribution in [0.25, 0.3) is 0 Å². The molecule has 0 heterocycles. The lowest BCUT2D eigenvalue weighted by molar-refractivity contribution is 0.464. The Balaban J connectivity index is 0.00000168. The van der Waals surface area contributed by atoms with Gasteiger partial charge in [0.1, 0.15) is 0 Å². The molecule has 0 radical (unpaired) electrons. The van der Waals surface area contributed by atoms with Crippen molar-refractivity contribution < 1.29 is 0 Å². The van der Waals surface area contributed by atoms with Gasteiger partial charge in [-0.25, -0.2) is 0 Å². The smallest absolute Gasteiger partial charge is 0.0229 e. The molecule has 0 atom stereocenters. The van der Waals surface area contributed by atoms with Crippen molar-refractivity contribution in [1.29, 1.82) is 0 Å². The highest BCUT2D eigenvalue weighted by molar-refractivity contribution is 5.85. The molecule has 0 aromatic heterocycles.